The lowest BCUT2D eigenvalue weighted by Gasteiger charge is -2.25. The molecular weight excluding hydrogens is 412 g/mol. The molecule has 1 aliphatic rings. The zero-order valence-corrected chi connectivity index (χ0v) is 18.9. The maximum Gasteiger partial charge on any atom is 0.275 e. The van der Waals surface area contributed by atoms with Gasteiger partial charge in [-0.15, -0.1) is 11.3 Å². The van der Waals surface area contributed by atoms with E-state index in [0.717, 1.165) is 40.9 Å². The van der Waals surface area contributed by atoms with Crippen LogP contribution in [-0.2, 0) is 5.60 Å². The number of anilines is 1. The van der Waals surface area contributed by atoms with E-state index in [1.165, 1.54) is 6.20 Å². The van der Waals surface area contributed by atoms with Gasteiger partial charge in [0.25, 0.3) is 5.91 Å². The van der Waals surface area contributed by atoms with Crippen molar-refractivity contribution in [2.75, 3.05) is 11.9 Å². The molecule has 2 aromatic heterocycles. The Morgan fingerprint density at radius 3 is 2.58 bits per heavy atom. The molecule has 1 aromatic carbocycles. The molecule has 1 saturated carbocycles. The van der Waals surface area contributed by atoms with E-state index in [1.54, 1.807) is 38.3 Å². The molecule has 8 heteroatoms. The van der Waals surface area contributed by atoms with Crippen molar-refractivity contribution in [3.8, 4) is 0 Å². The first-order valence-electron chi connectivity index (χ1n) is 10.6. The Morgan fingerprint density at radius 1 is 1.19 bits per heavy atom. The van der Waals surface area contributed by atoms with E-state index in [-0.39, 0.29) is 18.2 Å². The van der Waals surface area contributed by atoms with Gasteiger partial charge < -0.3 is 15.5 Å². The molecule has 4 rings (SSSR count). The van der Waals surface area contributed by atoms with E-state index >= 15 is 0 Å². The fraction of sp³-hybridized carbons (Fsp3) is 0.478. The van der Waals surface area contributed by atoms with Crippen LogP contribution in [-0.4, -0.2) is 37.7 Å². The van der Waals surface area contributed by atoms with Crippen LogP contribution in [0.25, 0.3) is 10.2 Å². The third-order valence-corrected chi connectivity index (χ3v) is 7.07. The molecule has 1 amide bonds. The summed E-state index contributed by atoms with van der Waals surface area (Å²) in [6.07, 6.45) is 7.11. The maximum absolute atomic E-state index is 12.8. The largest absolute Gasteiger partial charge is 0.396 e. The number of thiazole rings is 1. The van der Waals surface area contributed by atoms with Crippen LogP contribution in [0.2, 0.25) is 0 Å². The molecule has 2 heterocycles. The van der Waals surface area contributed by atoms with Crippen LogP contribution in [0.1, 0.15) is 72.2 Å². The minimum Gasteiger partial charge on any atom is -0.396 e. The zero-order valence-electron chi connectivity index (χ0n) is 18.1. The van der Waals surface area contributed by atoms with E-state index in [0.29, 0.717) is 28.8 Å². The first-order valence-corrected chi connectivity index (χ1v) is 11.4. The number of carbonyl (C=O) groups is 1. The van der Waals surface area contributed by atoms with Gasteiger partial charge >= 0.3 is 0 Å². The summed E-state index contributed by atoms with van der Waals surface area (Å²) in [7, 11) is 0. The summed E-state index contributed by atoms with van der Waals surface area (Å²) >= 11 is 1.64. The molecule has 0 saturated heterocycles. The zero-order chi connectivity index (χ0) is 22.2. The molecule has 0 spiro atoms. The molecule has 7 nitrogen and oxygen atoms in total. The summed E-state index contributed by atoms with van der Waals surface area (Å²) in [6, 6.07) is 3.76. The quantitative estimate of drug-likeness (QED) is 0.550. The van der Waals surface area contributed by atoms with Crippen molar-refractivity contribution in [2.45, 2.75) is 58.0 Å². The molecule has 31 heavy (non-hydrogen) atoms. The lowest BCUT2D eigenvalue weighted by atomic mass is 9.83. The summed E-state index contributed by atoms with van der Waals surface area (Å²) in [5.41, 5.74) is 1.72. The molecule has 0 aliphatic heterocycles. The summed E-state index contributed by atoms with van der Waals surface area (Å²) in [5.74, 6) is 0.429. The molecule has 164 valence electrons. The number of nitrogens with zero attached hydrogens (tertiary/aromatic N) is 3. The number of aliphatic hydroxyl groups is 2. The number of benzene rings is 1. The minimum atomic E-state index is -1.15. The monoisotopic (exact) mass is 440 g/mol. The van der Waals surface area contributed by atoms with Crippen LogP contribution in [0.15, 0.2) is 24.5 Å². The Labute approximate surface area is 185 Å². The van der Waals surface area contributed by atoms with Crippen molar-refractivity contribution in [1.29, 1.82) is 0 Å². The lowest BCUT2D eigenvalue weighted by Crippen LogP contribution is -2.21. The SMILES string of the molecule is Cc1cncc(C(=O)Nc2cc3sc(C4CCC(CO)CC4)nc3cc2C(C)(C)O)n1. The molecule has 0 unspecified atom stereocenters. The number of hydrogen-bond donors (Lipinski definition) is 3. The maximum atomic E-state index is 12.8. The normalized spacial score (nSPS) is 19.5. The standard InChI is InChI=1S/C23H28N4O3S/c1-13-10-24-11-19(25-13)21(29)26-17-9-20-18(8-16(17)23(2,3)30)27-22(31-20)15-6-4-14(12-28)5-7-15/h8-11,14-15,28,30H,4-7,12H2,1-3H3,(H,26,29). The predicted octanol–water partition coefficient (Wildman–Crippen LogP) is 4.14. The fourth-order valence-electron chi connectivity index (χ4n) is 4.13. The summed E-state index contributed by atoms with van der Waals surface area (Å²) in [5, 5.41) is 24.1. The van der Waals surface area contributed by atoms with Gasteiger partial charge in [-0.3, -0.25) is 9.78 Å². The van der Waals surface area contributed by atoms with E-state index in [4.69, 9.17) is 4.98 Å². The first kappa shape index (κ1) is 21.8. The molecule has 0 radical (unpaired) electrons. The number of amides is 1. The fourth-order valence-corrected chi connectivity index (χ4v) is 5.28. The van der Waals surface area contributed by atoms with Crippen LogP contribution in [0.4, 0.5) is 5.69 Å². The van der Waals surface area contributed by atoms with Crippen LogP contribution in [0.3, 0.4) is 0 Å². The number of carbonyl (C=O) groups excluding carboxylic acids is 1. The predicted molar refractivity (Wildman–Crippen MR) is 121 cm³/mol. The second kappa shape index (κ2) is 8.61. The number of hydrogen-bond acceptors (Lipinski definition) is 7. The van der Waals surface area contributed by atoms with E-state index in [9.17, 15) is 15.0 Å². The average Bonchev–Trinajstić information content (AvgIpc) is 3.15. The molecular formula is C23H28N4O3S. The first-order chi connectivity index (χ1) is 14.7. The number of rotatable bonds is 5. The van der Waals surface area contributed by atoms with Gasteiger partial charge in [0, 0.05) is 30.0 Å². The van der Waals surface area contributed by atoms with Crippen molar-refractivity contribution in [3.05, 3.63) is 46.5 Å². The van der Waals surface area contributed by atoms with Crippen molar-refractivity contribution in [2.24, 2.45) is 5.92 Å². The van der Waals surface area contributed by atoms with Gasteiger partial charge in [0.05, 0.1) is 32.7 Å². The van der Waals surface area contributed by atoms with Gasteiger partial charge in [0.15, 0.2) is 0 Å². The number of aliphatic hydroxyl groups excluding tert-OH is 1. The second-order valence-corrected chi connectivity index (χ2v) is 9.94. The van der Waals surface area contributed by atoms with E-state index < -0.39 is 5.60 Å². The molecule has 3 N–H and O–H groups in total. The Balaban J connectivity index is 1.66. The highest BCUT2D eigenvalue weighted by Crippen LogP contribution is 2.41. The summed E-state index contributed by atoms with van der Waals surface area (Å²) in [6.45, 7) is 5.43. The molecule has 0 atom stereocenters. The topological polar surface area (TPSA) is 108 Å². The Morgan fingerprint density at radius 2 is 1.94 bits per heavy atom. The van der Waals surface area contributed by atoms with Crippen LogP contribution < -0.4 is 5.32 Å². The molecule has 1 fully saturated rings. The molecule has 1 aliphatic carbocycles. The number of aryl methyl sites for hydroxylation is 1. The summed E-state index contributed by atoms with van der Waals surface area (Å²) < 4.78 is 0.970. The Bertz CT molecular complexity index is 1100. The van der Waals surface area contributed by atoms with Crippen molar-refractivity contribution in [1.82, 2.24) is 15.0 Å². The van der Waals surface area contributed by atoms with Gasteiger partial charge in [-0.2, -0.15) is 0 Å². The van der Waals surface area contributed by atoms with Gasteiger partial charge in [0.2, 0.25) is 0 Å². The third kappa shape index (κ3) is 4.76. The minimum absolute atomic E-state index is 0.229. The van der Waals surface area contributed by atoms with Gasteiger partial charge in [-0.25, -0.2) is 9.97 Å². The van der Waals surface area contributed by atoms with Crippen LogP contribution in [0.5, 0.6) is 0 Å². The Hall–Kier alpha value is -2.42. The molecule has 3 aromatic rings. The van der Waals surface area contributed by atoms with E-state index in [2.05, 4.69) is 15.3 Å². The third-order valence-electron chi connectivity index (χ3n) is 5.89. The Kier molecular flexibility index (Phi) is 6.05. The smallest absolute Gasteiger partial charge is 0.275 e. The van der Waals surface area contributed by atoms with Gasteiger partial charge in [0.1, 0.15) is 5.69 Å². The number of aromatic nitrogens is 3. The highest BCUT2D eigenvalue weighted by atomic mass is 32.1. The van der Waals surface area contributed by atoms with Crippen molar-refractivity contribution in [3.63, 3.8) is 0 Å². The summed E-state index contributed by atoms with van der Waals surface area (Å²) in [4.78, 5) is 25.9. The average molecular weight is 441 g/mol. The second-order valence-electron chi connectivity index (χ2n) is 8.88. The number of fused-ring (bicyclic) bond motifs is 1. The molecule has 0 bridgehead atoms. The highest BCUT2D eigenvalue weighted by molar-refractivity contribution is 7.18. The van der Waals surface area contributed by atoms with Crippen molar-refractivity contribution >= 4 is 33.1 Å². The highest BCUT2D eigenvalue weighted by Gasteiger charge is 2.27. The van der Waals surface area contributed by atoms with Gasteiger partial charge in [-0.1, -0.05) is 0 Å². The van der Waals surface area contributed by atoms with Crippen LogP contribution >= 0.6 is 11.3 Å². The van der Waals surface area contributed by atoms with E-state index in [1.807, 2.05) is 12.1 Å². The van der Waals surface area contributed by atoms with Crippen molar-refractivity contribution < 1.29 is 15.0 Å². The lowest BCUT2D eigenvalue weighted by molar-refractivity contribution is 0.0794. The van der Waals surface area contributed by atoms with Gasteiger partial charge in [-0.05, 0) is 64.5 Å². The number of nitrogens with one attached hydrogen (secondary N) is 1. The van der Waals surface area contributed by atoms with Crippen LogP contribution in [0, 0.1) is 12.8 Å².